The van der Waals surface area contributed by atoms with Crippen molar-refractivity contribution in [2.45, 2.75) is 44.8 Å². The molecule has 0 aromatic heterocycles. The fraction of sp³-hybridized carbons (Fsp3) is 0.348. The molecule has 0 aliphatic carbocycles. The predicted octanol–water partition coefficient (Wildman–Crippen LogP) is 4.94. The van der Waals surface area contributed by atoms with Gasteiger partial charge in [-0.1, -0.05) is 32.0 Å². The van der Waals surface area contributed by atoms with Gasteiger partial charge in [0.1, 0.15) is 18.4 Å². The summed E-state index contributed by atoms with van der Waals surface area (Å²) in [6, 6.07) is 9.74. The molecular formula is C23H25F4NO4. The van der Waals surface area contributed by atoms with Gasteiger partial charge < -0.3 is 14.8 Å². The second-order valence-electron chi connectivity index (χ2n) is 7.64. The Morgan fingerprint density at radius 3 is 2.12 bits per heavy atom. The van der Waals surface area contributed by atoms with E-state index in [1.807, 2.05) is 6.79 Å². The fourth-order valence-electron chi connectivity index (χ4n) is 3.14. The number of amides is 1. The second kappa shape index (κ2) is 10.9. The summed E-state index contributed by atoms with van der Waals surface area (Å²) in [5, 5.41) is 2.72. The van der Waals surface area contributed by atoms with Crippen molar-refractivity contribution in [2.24, 2.45) is 0 Å². The quantitative estimate of drug-likeness (QED) is 0.601. The molecule has 2 aromatic rings. The number of hydrogen-bond acceptors (Lipinski definition) is 4. The molecule has 174 valence electrons. The number of Topliss-reactive ketones (excluding diaryl/α,β-unsaturated/α-hetero) is 1. The van der Waals surface area contributed by atoms with Crippen LogP contribution in [0, 0.1) is 5.82 Å². The molecular weight excluding hydrogens is 430 g/mol. The molecule has 0 radical (unpaired) electrons. The van der Waals surface area contributed by atoms with Gasteiger partial charge in [-0.15, -0.1) is 0 Å². The zero-order valence-corrected chi connectivity index (χ0v) is 18.2. The van der Waals surface area contributed by atoms with Crippen LogP contribution in [0.2, 0.25) is 0 Å². The van der Waals surface area contributed by atoms with Gasteiger partial charge in [0.05, 0.1) is 13.2 Å². The topological polar surface area (TPSA) is 72.5 Å². The molecule has 2 aromatic carbocycles. The molecule has 5 nitrogen and oxygen atoms in total. The van der Waals surface area contributed by atoms with Crippen molar-refractivity contribution in [3.05, 3.63) is 65.0 Å². The van der Waals surface area contributed by atoms with E-state index >= 15 is 0 Å². The molecule has 0 spiro atoms. The third-order valence-corrected chi connectivity index (χ3v) is 4.84. The first-order chi connectivity index (χ1) is 14.8. The molecule has 0 fully saturated rings. The summed E-state index contributed by atoms with van der Waals surface area (Å²) >= 11 is 0. The van der Waals surface area contributed by atoms with Crippen molar-refractivity contribution >= 4 is 18.5 Å². The number of halogens is 4. The van der Waals surface area contributed by atoms with Crippen molar-refractivity contribution < 1.29 is 36.7 Å². The van der Waals surface area contributed by atoms with Gasteiger partial charge in [-0.3, -0.25) is 9.59 Å². The number of ketones is 1. The number of nitrogens with one attached hydrogen (secondary N) is 1. The first-order valence-corrected chi connectivity index (χ1v) is 9.49. The normalized spacial score (nSPS) is 12.2. The van der Waals surface area contributed by atoms with Gasteiger partial charge in [-0.2, -0.15) is 13.2 Å². The SMILES string of the molecule is C=O.COc1ccc([C@H](C)NC(=O)c2cc(F)ccc2C(C)(C)CC(=O)C(F)(F)F)cc1. The van der Waals surface area contributed by atoms with Crippen LogP contribution in [0.5, 0.6) is 5.75 Å². The molecule has 32 heavy (non-hydrogen) atoms. The molecule has 1 amide bonds. The molecule has 2 rings (SSSR count). The monoisotopic (exact) mass is 455 g/mol. The van der Waals surface area contributed by atoms with Crippen LogP contribution >= 0.6 is 0 Å². The first kappa shape index (κ1) is 26.8. The van der Waals surface area contributed by atoms with E-state index in [2.05, 4.69) is 5.32 Å². The fourth-order valence-corrected chi connectivity index (χ4v) is 3.14. The summed E-state index contributed by atoms with van der Waals surface area (Å²) in [6.45, 7) is 6.54. The summed E-state index contributed by atoms with van der Waals surface area (Å²) < 4.78 is 57.1. The molecule has 9 heteroatoms. The van der Waals surface area contributed by atoms with E-state index in [0.717, 1.165) is 17.7 Å². The number of methoxy groups -OCH3 is 1. The maximum absolute atomic E-state index is 13.9. The average Bonchev–Trinajstić information content (AvgIpc) is 2.73. The lowest BCUT2D eigenvalue weighted by Gasteiger charge is -2.28. The van der Waals surface area contributed by atoms with Crippen LogP contribution in [0.15, 0.2) is 42.5 Å². The maximum Gasteiger partial charge on any atom is 0.450 e. The van der Waals surface area contributed by atoms with E-state index in [9.17, 15) is 27.2 Å². The summed E-state index contributed by atoms with van der Waals surface area (Å²) in [5.41, 5.74) is -0.541. The predicted molar refractivity (Wildman–Crippen MR) is 111 cm³/mol. The van der Waals surface area contributed by atoms with Crippen LogP contribution in [0.1, 0.15) is 54.7 Å². The zero-order valence-electron chi connectivity index (χ0n) is 18.2. The van der Waals surface area contributed by atoms with Gasteiger partial charge in [0.2, 0.25) is 5.78 Å². The van der Waals surface area contributed by atoms with E-state index < -0.39 is 41.6 Å². The van der Waals surface area contributed by atoms with Gasteiger partial charge in [-0.25, -0.2) is 4.39 Å². The van der Waals surface area contributed by atoms with E-state index in [-0.39, 0.29) is 11.1 Å². The summed E-state index contributed by atoms with van der Waals surface area (Å²) in [5.74, 6) is -2.63. The Labute approximate surface area is 183 Å². The van der Waals surface area contributed by atoms with Crippen LogP contribution in [-0.4, -0.2) is 31.8 Å². The highest BCUT2D eigenvalue weighted by Crippen LogP contribution is 2.34. The van der Waals surface area contributed by atoms with Gasteiger partial charge in [0, 0.05) is 12.0 Å². The zero-order chi connectivity index (χ0) is 24.7. The molecule has 1 N–H and O–H groups in total. The molecule has 0 saturated heterocycles. The van der Waals surface area contributed by atoms with Crippen LogP contribution in [0.4, 0.5) is 17.6 Å². The highest BCUT2D eigenvalue weighted by atomic mass is 19.4. The van der Waals surface area contributed by atoms with Crippen molar-refractivity contribution in [3.8, 4) is 5.75 Å². The summed E-state index contributed by atoms with van der Waals surface area (Å²) in [6.07, 6.45) is -5.85. The van der Waals surface area contributed by atoms with Crippen LogP contribution in [0.3, 0.4) is 0 Å². The number of carbonyl (C=O) groups is 3. The largest absolute Gasteiger partial charge is 0.497 e. The van der Waals surface area contributed by atoms with Crippen molar-refractivity contribution in [1.29, 1.82) is 0 Å². The average molecular weight is 455 g/mol. The number of alkyl halides is 3. The van der Waals surface area contributed by atoms with Crippen LogP contribution in [-0.2, 0) is 15.0 Å². The van der Waals surface area contributed by atoms with E-state index in [1.54, 1.807) is 31.2 Å². The lowest BCUT2D eigenvalue weighted by molar-refractivity contribution is -0.172. The number of rotatable bonds is 7. The standard InChI is InChI=1S/C22H23F4NO3.CH2O/c1-13(14-5-8-16(30-4)9-6-14)27-20(29)17-11-15(23)7-10-18(17)21(2,3)12-19(28)22(24,25)26;1-2/h5-11,13H,12H2,1-4H3,(H,27,29);1H2/t13-;/m0./s1. The Kier molecular flexibility index (Phi) is 9.11. The summed E-state index contributed by atoms with van der Waals surface area (Å²) in [7, 11) is 1.52. The minimum absolute atomic E-state index is 0.115. The smallest absolute Gasteiger partial charge is 0.450 e. The van der Waals surface area contributed by atoms with Crippen LogP contribution < -0.4 is 10.1 Å². The number of benzene rings is 2. The third-order valence-electron chi connectivity index (χ3n) is 4.84. The number of carbonyl (C=O) groups excluding carboxylic acids is 3. The Hall–Kier alpha value is -3.23. The Bertz CT molecular complexity index is 940. The lowest BCUT2D eigenvalue weighted by atomic mass is 9.77. The van der Waals surface area contributed by atoms with E-state index in [4.69, 9.17) is 9.53 Å². The molecule has 0 heterocycles. The van der Waals surface area contributed by atoms with Gasteiger partial charge >= 0.3 is 6.18 Å². The summed E-state index contributed by atoms with van der Waals surface area (Å²) in [4.78, 5) is 32.4. The molecule has 1 atom stereocenters. The van der Waals surface area contributed by atoms with E-state index in [0.29, 0.717) is 5.75 Å². The Balaban J connectivity index is 0.00000249. The third kappa shape index (κ3) is 6.90. The molecule has 0 aliphatic rings. The Morgan fingerprint density at radius 1 is 1.06 bits per heavy atom. The lowest BCUT2D eigenvalue weighted by Crippen LogP contribution is -2.34. The second-order valence-corrected chi connectivity index (χ2v) is 7.64. The van der Waals surface area contributed by atoms with Crippen molar-refractivity contribution in [1.82, 2.24) is 5.32 Å². The maximum atomic E-state index is 13.9. The number of hydrogen-bond donors (Lipinski definition) is 1. The highest BCUT2D eigenvalue weighted by Gasteiger charge is 2.42. The van der Waals surface area contributed by atoms with Gasteiger partial charge in [-0.05, 0) is 47.7 Å². The highest BCUT2D eigenvalue weighted by molar-refractivity contribution is 5.96. The van der Waals surface area contributed by atoms with Crippen molar-refractivity contribution in [3.63, 3.8) is 0 Å². The van der Waals surface area contributed by atoms with E-state index in [1.165, 1.54) is 27.0 Å². The Morgan fingerprint density at radius 2 is 1.62 bits per heavy atom. The van der Waals surface area contributed by atoms with Crippen molar-refractivity contribution in [2.75, 3.05) is 7.11 Å². The first-order valence-electron chi connectivity index (χ1n) is 9.49. The molecule has 0 saturated carbocycles. The molecule has 0 unspecified atom stereocenters. The minimum atomic E-state index is -4.98. The van der Waals surface area contributed by atoms with Crippen LogP contribution in [0.25, 0.3) is 0 Å². The minimum Gasteiger partial charge on any atom is -0.497 e. The molecule has 0 bridgehead atoms. The molecule has 0 aliphatic heterocycles. The van der Waals surface area contributed by atoms with Gasteiger partial charge in [0.15, 0.2) is 0 Å². The van der Waals surface area contributed by atoms with Gasteiger partial charge in [0.25, 0.3) is 5.91 Å². The number of ether oxygens (including phenoxy) is 1.